The van der Waals surface area contributed by atoms with E-state index < -0.39 is 0 Å². The van der Waals surface area contributed by atoms with Gasteiger partial charge in [0.25, 0.3) is 0 Å². The first-order valence-electron chi connectivity index (χ1n) is 5.71. The maximum absolute atomic E-state index is 3.59. The minimum absolute atomic E-state index is 0.726. The van der Waals surface area contributed by atoms with Gasteiger partial charge in [0.15, 0.2) is 0 Å². The van der Waals surface area contributed by atoms with E-state index in [0.717, 1.165) is 24.0 Å². The van der Waals surface area contributed by atoms with E-state index in [9.17, 15) is 0 Å². The van der Waals surface area contributed by atoms with E-state index in [1.807, 2.05) is 0 Å². The molecule has 0 aromatic carbocycles. The summed E-state index contributed by atoms with van der Waals surface area (Å²) in [5.74, 6) is 0. The Balaban J connectivity index is 1.79. The molecular weight excluding hydrogens is 160 g/mol. The molecule has 2 saturated carbocycles. The third-order valence-electron chi connectivity index (χ3n) is 4.03. The molecule has 2 N–H and O–H groups in total. The summed E-state index contributed by atoms with van der Waals surface area (Å²) in [6, 6.07) is 1.66. The van der Waals surface area contributed by atoms with Crippen LogP contribution in [-0.4, -0.2) is 25.7 Å². The minimum Gasteiger partial charge on any atom is -0.317 e. The van der Waals surface area contributed by atoms with Gasteiger partial charge in [0.2, 0.25) is 0 Å². The Morgan fingerprint density at radius 1 is 1.31 bits per heavy atom. The zero-order chi connectivity index (χ0) is 9.31. The number of rotatable bonds is 3. The minimum atomic E-state index is 0.726. The summed E-state index contributed by atoms with van der Waals surface area (Å²) in [5.41, 5.74) is 0.726. The molecule has 0 saturated heterocycles. The summed E-state index contributed by atoms with van der Waals surface area (Å²) in [5, 5.41) is 6.99. The molecule has 2 rings (SSSR count). The van der Waals surface area contributed by atoms with Crippen molar-refractivity contribution in [2.45, 2.75) is 51.1 Å². The smallest absolute Gasteiger partial charge is 0.0130 e. The van der Waals surface area contributed by atoms with E-state index in [-0.39, 0.29) is 0 Å². The molecule has 0 heterocycles. The number of hydrogen-bond acceptors (Lipinski definition) is 2. The fourth-order valence-corrected chi connectivity index (χ4v) is 2.92. The van der Waals surface area contributed by atoms with Crippen molar-refractivity contribution in [1.82, 2.24) is 10.6 Å². The van der Waals surface area contributed by atoms with E-state index in [4.69, 9.17) is 0 Å². The Bertz CT molecular complexity index is 171. The quantitative estimate of drug-likeness (QED) is 0.691. The van der Waals surface area contributed by atoms with Crippen LogP contribution in [0.2, 0.25) is 0 Å². The molecule has 1 spiro atoms. The first-order valence-corrected chi connectivity index (χ1v) is 5.71. The first kappa shape index (κ1) is 9.47. The molecule has 2 nitrogen and oxygen atoms in total. The van der Waals surface area contributed by atoms with Crippen molar-refractivity contribution in [1.29, 1.82) is 0 Å². The standard InChI is InChI=1S/C11H22N2/c1-3-13-10-8-11(10)6-4-9(12-2)5-7-11/h9-10,12-13H,3-8H2,1-2H3. The molecule has 0 aromatic rings. The Morgan fingerprint density at radius 2 is 2.00 bits per heavy atom. The maximum atomic E-state index is 3.59. The van der Waals surface area contributed by atoms with Crippen LogP contribution in [0.1, 0.15) is 39.0 Å². The second-order valence-corrected chi connectivity index (χ2v) is 4.74. The monoisotopic (exact) mass is 182 g/mol. The van der Waals surface area contributed by atoms with Gasteiger partial charge in [-0.15, -0.1) is 0 Å². The normalized spacial score (nSPS) is 43.8. The van der Waals surface area contributed by atoms with Gasteiger partial charge < -0.3 is 10.6 Å². The predicted molar refractivity (Wildman–Crippen MR) is 55.8 cm³/mol. The second kappa shape index (κ2) is 3.58. The van der Waals surface area contributed by atoms with Gasteiger partial charge in [-0.2, -0.15) is 0 Å². The van der Waals surface area contributed by atoms with Gasteiger partial charge in [-0.25, -0.2) is 0 Å². The third kappa shape index (κ3) is 1.75. The van der Waals surface area contributed by atoms with Gasteiger partial charge in [0.05, 0.1) is 0 Å². The molecule has 76 valence electrons. The number of nitrogens with one attached hydrogen (secondary N) is 2. The molecule has 13 heavy (non-hydrogen) atoms. The first-order chi connectivity index (χ1) is 6.30. The molecule has 2 aliphatic rings. The highest BCUT2D eigenvalue weighted by Gasteiger charge is 2.54. The van der Waals surface area contributed by atoms with Crippen molar-refractivity contribution in [2.24, 2.45) is 5.41 Å². The number of hydrogen-bond donors (Lipinski definition) is 2. The highest BCUT2D eigenvalue weighted by molar-refractivity contribution is 5.09. The van der Waals surface area contributed by atoms with Crippen molar-refractivity contribution in [2.75, 3.05) is 13.6 Å². The molecule has 0 aliphatic heterocycles. The predicted octanol–water partition coefficient (Wildman–Crippen LogP) is 1.52. The maximum Gasteiger partial charge on any atom is 0.0130 e. The molecule has 0 amide bonds. The van der Waals surface area contributed by atoms with Crippen molar-refractivity contribution >= 4 is 0 Å². The van der Waals surface area contributed by atoms with E-state index in [1.54, 1.807) is 0 Å². The zero-order valence-electron chi connectivity index (χ0n) is 8.90. The molecule has 1 atom stereocenters. The van der Waals surface area contributed by atoms with E-state index in [1.165, 1.54) is 32.1 Å². The largest absolute Gasteiger partial charge is 0.317 e. The van der Waals surface area contributed by atoms with Crippen molar-refractivity contribution in [3.8, 4) is 0 Å². The lowest BCUT2D eigenvalue weighted by atomic mass is 9.83. The van der Waals surface area contributed by atoms with Crippen LogP contribution >= 0.6 is 0 Å². The second-order valence-electron chi connectivity index (χ2n) is 4.74. The van der Waals surface area contributed by atoms with Crippen molar-refractivity contribution < 1.29 is 0 Å². The lowest BCUT2D eigenvalue weighted by Crippen LogP contribution is -2.33. The molecule has 2 heteroatoms. The van der Waals surface area contributed by atoms with Gasteiger partial charge in [-0.3, -0.25) is 0 Å². The van der Waals surface area contributed by atoms with Gasteiger partial charge in [0, 0.05) is 12.1 Å². The molecule has 2 fully saturated rings. The summed E-state index contributed by atoms with van der Waals surface area (Å²) in [4.78, 5) is 0. The van der Waals surface area contributed by atoms with Crippen LogP contribution in [0.3, 0.4) is 0 Å². The van der Waals surface area contributed by atoms with Crippen LogP contribution in [0.5, 0.6) is 0 Å². The van der Waals surface area contributed by atoms with Crippen LogP contribution in [-0.2, 0) is 0 Å². The highest BCUT2D eigenvalue weighted by Crippen LogP contribution is 2.56. The molecule has 0 bridgehead atoms. The van der Waals surface area contributed by atoms with Gasteiger partial charge in [0.1, 0.15) is 0 Å². The van der Waals surface area contributed by atoms with Gasteiger partial charge in [-0.1, -0.05) is 6.92 Å². The van der Waals surface area contributed by atoms with E-state index in [2.05, 4.69) is 24.6 Å². The van der Waals surface area contributed by atoms with Gasteiger partial charge >= 0.3 is 0 Å². The van der Waals surface area contributed by atoms with Crippen molar-refractivity contribution in [3.63, 3.8) is 0 Å². The van der Waals surface area contributed by atoms with Crippen LogP contribution in [0.25, 0.3) is 0 Å². The average molecular weight is 182 g/mol. The molecular formula is C11H22N2. The van der Waals surface area contributed by atoms with Crippen LogP contribution in [0, 0.1) is 5.41 Å². The fraction of sp³-hybridized carbons (Fsp3) is 1.00. The van der Waals surface area contributed by atoms with Crippen LogP contribution < -0.4 is 10.6 Å². The molecule has 0 radical (unpaired) electrons. The Hall–Kier alpha value is -0.0800. The fourth-order valence-electron chi connectivity index (χ4n) is 2.92. The highest BCUT2D eigenvalue weighted by atomic mass is 15.0. The lowest BCUT2D eigenvalue weighted by Gasteiger charge is -2.29. The summed E-state index contributed by atoms with van der Waals surface area (Å²) in [6.07, 6.45) is 7.10. The third-order valence-corrected chi connectivity index (χ3v) is 4.03. The SMILES string of the molecule is CCNC1CC12CCC(NC)CC2. The summed E-state index contributed by atoms with van der Waals surface area (Å²) < 4.78 is 0. The molecule has 2 aliphatic carbocycles. The average Bonchev–Trinajstić information content (AvgIpc) is 2.81. The lowest BCUT2D eigenvalue weighted by molar-refractivity contribution is 0.268. The van der Waals surface area contributed by atoms with Crippen LogP contribution in [0.4, 0.5) is 0 Å². The Morgan fingerprint density at radius 3 is 2.54 bits per heavy atom. The van der Waals surface area contributed by atoms with Crippen molar-refractivity contribution in [3.05, 3.63) is 0 Å². The van der Waals surface area contributed by atoms with Gasteiger partial charge in [-0.05, 0) is 51.1 Å². The Kier molecular flexibility index (Phi) is 2.61. The summed E-state index contributed by atoms with van der Waals surface area (Å²) in [7, 11) is 2.09. The van der Waals surface area contributed by atoms with E-state index in [0.29, 0.717) is 0 Å². The summed E-state index contributed by atoms with van der Waals surface area (Å²) in [6.45, 7) is 3.35. The zero-order valence-corrected chi connectivity index (χ0v) is 8.90. The van der Waals surface area contributed by atoms with Crippen LogP contribution in [0.15, 0.2) is 0 Å². The molecule has 0 aromatic heterocycles. The molecule has 1 unspecified atom stereocenters. The summed E-state index contributed by atoms with van der Waals surface area (Å²) >= 11 is 0. The van der Waals surface area contributed by atoms with E-state index >= 15 is 0 Å². The topological polar surface area (TPSA) is 24.1 Å². The Labute approximate surface area is 81.5 Å².